The molecule has 2 atom stereocenters. The number of fused-ring (bicyclic) bond motifs is 1. The van der Waals surface area contributed by atoms with Gasteiger partial charge in [-0.05, 0) is 66.9 Å². The second-order valence-electron chi connectivity index (χ2n) is 7.90. The molecule has 1 N–H and O–H groups in total. The molecule has 0 fully saturated rings. The van der Waals surface area contributed by atoms with E-state index in [0.29, 0.717) is 5.02 Å². The SMILES string of the molecule is CNc1ccc(Cl)cc1[C@@H](c1ccc2ccccc2c1)N(C)[S@](=O)C(C)(C)C. The van der Waals surface area contributed by atoms with E-state index in [1.807, 2.05) is 69.5 Å². The molecule has 28 heavy (non-hydrogen) atoms. The molecule has 0 aliphatic carbocycles. The number of benzene rings is 3. The Morgan fingerprint density at radius 1 is 1.00 bits per heavy atom. The summed E-state index contributed by atoms with van der Waals surface area (Å²) < 4.78 is 14.9. The van der Waals surface area contributed by atoms with Gasteiger partial charge in [-0.15, -0.1) is 0 Å². The Labute approximate surface area is 175 Å². The average molecular weight is 415 g/mol. The van der Waals surface area contributed by atoms with Crippen molar-refractivity contribution in [3.8, 4) is 0 Å². The molecular formula is C23H27ClN2OS. The zero-order chi connectivity index (χ0) is 20.5. The zero-order valence-electron chi connectivity index (χ0n) is 17.0. The van der Waals surface area contributed by atoms with E-state index in [1.54, 1.807) is 0 Å². The summed E-state index contributed by atoms with van der Waals surface area (Å²) in [6.45, 7) is 5.98. The first kappa shape index (κ1) is 20.8. The van der Waals surface area contributed by atoms with E-state index in [4.69, 9.17) is 11.6 Å². The van der Waals surface area contributed by atoms with Gasteiger partial charge in [-0.2, -0.15) is 0 Å². The van der Waals surface area contributed by atoms with Crippen LogP contribution < -0.4 is 5.32 Å². The Bertz CT molecular complexity index is 1010. The highest BCUT2D eigenvalue weighted by Gasteiger charge is 2.32. The fraction of sp³-hybridized carbons (Fsp3) is 0.304. The van der Waals surface area contributed by atoms with Crippen LogP contribution in [0.15, 0.2) is 60.7 Å². The maximum absolute atomic E-state index is 13.3. The van der Waals surface area contributed by atoms with Crippen LogP contribution in [0, 0.1) is 0 Å². The van der Waals surface area contributed by atoms with Crippen molar-refractivity contribution < 1.29 is 4.21 Å². The molecule has 0 aliphatic rings. The van der Waals surface area contributed by atoms with Crippen molar-refractivity contribution in [3.05, 3.63) is 76.8 Å². The van der Waals surface area contributed by atoms with Gasteiger partial charge in [0, 0.05) is 24.8 Å². The lowest BCUT2D eigenvalue weighted by Crippen LogP contribution is -2.38. The highest BCUT2D eigenvalue weighted by atomic mass is 35.5. The number of nitrogens with zero attached hydrogens (tertiary/aromatic N) is 1. The van der Waals surface area contributed by atoms with Crippen molar-refractivity contribution in [2.24, 2.45) is 0 Å². The van der Waals surface area contributed by atoms with Crippen LogP contribution in [0.4, 0.5) is 5.69 Å². The van der Waals surface area contributed by atoms with Crippen LogP contribution in [0.5, 0.6) is 0 Å². The smallest absolute Gasteiger partial charge is 0.100 e. The lowest BCUT2D eigenvalue weighted by molar-refractivity contribution is 0.441. The summed E-state index contributed by atoms with van der Waals surface area (Å²) in [5, 5.41) is 6.27. The molecular weight excluding hydrogens is 388 g/mol. The van der Waals surface area contributed by atoms with Gasteiger partial charge in [-0.1, -0.05) is 48.0 Å². The van der Waals surface area contributed by atoms with E-state index in [0.717, 1.165) is 22.2 Å². The van der Waals surface area contributed by atoms with Crippen molar-refractivity contribution in [1.82, 2.24) is 4.31 Å². The molecule has 5 heteroatoms. The Morgan fingerprint density at radius 3 is 2.32 bits per heavy atom. The van der Waals surface area contributed by atoms with E-state index in [9.17, 15) is 4.21 Å². The number of rotatable bonds is 5. The first-order valence-electron chi connectivity index (χ1n) is 9.33. The van der Waals surface area contributed by atoms with Crippen LogP contribution >= 0.6 is 11.6 Å². The van der Waals surface area contributed by atoms with Crippen LogP contribution in [0.1, 0.15) is 37.9 Å². The lowest BCUT2D eigenvalue weighted by atomic mass is 9.95. The topological polar surface area (TPSA) is 32.3 Å². The van der Waals surface area contributed by atoms with E-state index < -0.39 is 11.0 Å². The Balaban J connectivity index is 2.21. The molecule has 3 rings (SSSR count). The van der Waals surface area contributed by atoms with Crippen molar-refractivity contribution in [1.29, 1.82) is 0 Å². The summed E-state index contributed by atoms with van der Waals surface area (Å²) in [4.78, 5) is 0. The second-order valence-corrected chi connectivity index (χ2v) is 10.6. The molecule has 0 saturated carbocycles. The number of nitrogens with one attached hydrogen (secondary N) is 1. The predicted molar refractivity (Wildman–Crippen MR) is 122 cm³/mol. The standard InChI is InChI=1S/C23H27ClN2OS/c1-23(2,3)28(27)26(5)22(20-15-19(24)12-13-21(20)25-4)18-11-10-16-8-6-7-9-17(16)14-18/h6-15,22,25H,1-5H3/t22-,28-/m1/s1. The minimum Gasteiger partial charge on any atom is -0.388 e. The molecule has 0 bridgehead atoms. The third kappa shape index (κ3) is 4.24. The van der Waals surface area contributed by atoms with Gasteiger partial charge in [0.05, 0.1) is 10.8 Å². The number of hydrogen-bond donors (Lipinski definition) is 1. The summed E-state index contributed by atoms with van der Waals surface area (Å²) in [5.74, 6) is 0. The molecule has 3 nitrogen and oxygen atoms in total. The molecule has 0 saturated heterocycles. The number of anilines is 1. The van der Waals surface area contributed by atoms with Gasteiger partial charge in [-0.25, -0.2) is 8.51 Å². The maximum Gasteiger partial charge on any atom is 0.100 e. The van der Waals surface area contributed by atoms with Crippen LogP contribution in [0.2, 0.25) is 5.02 Å². The molecule has 0 radical (unpaired) electrons. The largest absolute Gasteiger partial charge is 0.388 e. The summed E-state index contributed by atoms with van der Waals surface area (Å²) in [6, 6.07) is 20.3. The van der Waals surface area contributed by atoms with Crippen molar-refractivity contribution >= 4 is 39.0 Å². The van der Waals surface area contributed by atoms with Gasteiger partial charge in [0.1, 0.15) is 11.0 Å². The Kier molecular flexibility index (Phi) is 6.13. The third-order valence-electron chi connectivity index (χ3n) is 4.82. The molecule has 0 spiro atoms. The molecule has 0 aromatic heterocycles. The van der Waals surface area contributed by atoms with Gasteiger partial charge >= 0.3 is 0 Å². The minimum absolute atomic E-state index is 0.203. The number of hydrogen-bond acceptors (Lipinski definition) is 2. The Hall–Kier alpha value is -1.88. The summed E-state index contributed by atoms with van der Waals surface area (Å²) >= 11 is 6.35. The van der Waals surface area contributed by atoms with Crippen LogP contribution in [-0.2, 0) is 11.0 Å². The van der Waals surface area contributed by atoms with Crippen LogP contribution in [-0.4, -0.2) is 27.4 Å². The van der Waals surface area contributed by atoms with Gasteiger partial charge in [0.15, 0.2) is 0 Å². The van der Waals surface area contributed by atoms with Gasteiger partial charge in [0.2, 0.25) is 0 Å². The maximum atomic E-state index is 13.3. The van der Waals surface area contributed by atoms with Crippen LogP contribution in [0.3, 0.4) is 0 Å². The highest BCUT2D eigenvalue weighted by molar-refractivity contribution is 7.84. The average Bonchev–Trinajstić information content (AvgIpc) is 2.67. The van der Waals surface area contributed by atoms with Crippen molar-refractivity contribution in [3.63, 3.8) is 0 Å². The van der Waals surface area contributed by atoms with Gasteiger partial charge < -0.3 is 5.32 Å². The minimum atomic E-state index is -1.20. The predicted octanol–water partition coefficient (Wildman–Crippen LogP) is 6.02. The van der Waals surface area contributed by atoms with Gasteiger partial charge in [0.25, 0.3) is 0 Å². The first-order chi connectivity index (χ1) is 13.2. The molecule has 3 aromatic carbocycles. The quantitative estimate of drug-likeness (QED) is 0.553. The molecule has 0 heterocycles. The van der Waals surface area contributed by atoms with Crippen LogP contribution in [0.25, 0.3) is 10.8 Å². The Morgan fingerprint density at radius 2 is 1.68 bits per heavy atom. The lowest BCUT2D eigenvalue weighted by Gasteiger charge is -2.34. The number of halogens is 1. The van der Waals surface area contributed by atoms with Gasteiger partial charge in [-0.3, -0.25) is 0 Å². The van der Waals surface area contributed by atoms with E-state index >= 15 is 0 Å². The summed E-state index contributed by atoms with van der Waals surface area (Å²) in [7, 11) is 2.61. The summed E-state index contributed by atoms with van der Waals surface area (Å²) in [6.07, 6.45) is 0. The molecule has 0 unspecified atom stereocenters. The van der Waals surface area contributed by atoms with E-state index in [1.165, 1.54) is 5.39 Å². The zero-order valence-corrected chi connectivity index (χ0v) is 18.6. The fourth-order valence-electron chi connectivity index (χ4n) is 3.48. The van der Waals surface area contributed by atoms with E-state index in [-0.39, 0.29) is 10.8 Å². The van der Waals surface area contributed by atoms with Crippen molar-refractivity contribution in [2.75, 3.05) is 19.4 Å². The molecule has 3 aromatic rings. The molecule has 0 aliphatic heterocycles. The van der Waals surface area contributed by atoms with E-state index in [2.05, 4.69) is 35.6 Å². The second kappa shape index (κ2) is 8.24. The molecule has 148 valence electrons. The fourth-order valence-corrected chi connectivity index (χ4v) is 4.95. The third-order valence-corrected chi connectivity index (χ3v) is 6.83. The highest BCUT2D eigenvalue weighted by Crippen LogP contribution is 2.37. The molecule has 0 amide bonds. The monoisotopic (exact) mass is 414 g/mol. The summed E-state index contributed by atoms with van der Waals surface area (Å²) in [5.41, 5.74) is 3.06. The normalized spacial score (nSPS) is 14.2. The first-order valence-corrected chi connectivity index (χ1v) is 10.8. The van der Waals surface area contributed by atoms with Crippen molar-refractivity contribution in [2.45, 2.75) is 31.6 Å².